The highest BCUT2D eigenvalue weighted by Gasteiger charge is 2.24. The molecule has 0 aliphatic rings. The van der Waals surface area contributed by atoms with Crippen LogP contribution in [0.2, 0.25) is 0 Å². The number of ether oxygens (including phenoxy) is 3. The van der Waals surface area contributed by atoms with Crippen LogP contribution < -0.4 is 4.74 Å². The second-order valence-electron chi connectivity index (χ2n) is 11.3. The van der Waals surface area contributed by atoms with Gasteiger partial charge in [0.2, 0.25) is 0 Å². The van der Waals surface area contributed by atoms with E-state index >= 15 is 0 Å². The highest BCUT2D eigenvalue weighted by molar-refractivity contribution is 5.79. The van der Waals surface area contributed by atoms with Crippen LogP contribution in [0.1, 0.15) is 84.4 Å². The van der Waals surface area contributed by atoms with Crippen molar-refractivity contribution in [2.45, 2.75) is 86.4 Å². The van der Waals surface area contributed by atoms with Gasteiger partial charge in [0.25, 0.3) is 6.47 Å². The summed E-state index contributed by atoms with van der Waals surface area (Å²) in [6.45, 7) is 17.4. The minimum absolute atomic E-state index is 0.0203. The monoisotopic (exact) mass is 597 g/mol. The Labute approximate surface area is 255 Å². The first-order valence-electron chi connectivity index (χ1n) is 14.6. The summed E-state index contributed by atoms with van der Waals surface area (Å²) in [4.78, 5) is 46.0. The van der Waals surface area contributed by atoms with E-state index < -0.39 is 5.97 Å². The van der Waals surface area contributed by atoms with Crippen molar-refractivity contribution in [2.75, 3.05) is 6.54 Å². The van der Waals surface area contributed by atoms with Crippen molar-refractivity contribution >= 4 is 24.4 Å². The van der Waals surface area contributed by atoms with Crippen LogP contribution in [0, 0.1) is 11.8 Å². The van der Waals surface area contributed by atoms with Gasteiger partial charge in [-0.05, 0) is 63.9 Å². The van der Waals surface area contributed by atoms with E-state index in [4.69, 9.17) is 14.6 Å². The van der Waals surface area contributed by atoms with Crippen molar-refractivity contribution in [1.82, 2.24) is 4.90 Å². The highest BCUT2D eigenvalue weighted by atomic mass is 16.5. The lowest BCUT2D eigenvalue weighted by Gasteiger charge is -2.32. The van der Waals surface area contributed by atoms with Gasteiger partial charge in [-0.3, -0.25) is 19.3 Å². The van der Waals surface area contributed by atoms with Crippen molar-refractivity contribution in [3.8, 4) is 5.75 Å². The molecule has 0 bridgehead atoms. The molecule has 1 N–H and O–H groups in total. The molecule has 1 unspecified atom stereocenters. The number of rotatable bonds is 15. The number of carbonyl (C=O) groups is 4. The number of carboxylic acid groups (broad SMARTS) is 1. The minimum atomic E-state index is -1.15. The summed E-state index contributed by atoms with van der Waals surface area (Å²) in [6, 6.07) is 16.9. The number of benzene rings is 2. The Balaban J connectivity index is 0.00000101. The van der Waals surface area contributed by atoms with Crippen molar-refractivity contribution < 1.29 is 38.5 Å². The summed E-state index contributed by atoms with van der Waals surface area (Å²) in [5.74, 6) is -1.47. The first kappa shape index (κ1) is 37.0. The van der Waals surface area contributed by atoms with Gasteiger partial charge in [-0.25, -0.2) is 4.79 Å². The maximum Gasteiger partial charge on any atom is 0.331 e. The Morgan fingerprint density at radius 2 is 1.47 bits per heavy atom. The SMILES string of the molecule is CC(C)C(=O)OCc1ccc(OC(=O)C(C)C)c(C(CCN(C(C)C)C(C)C)c2ccccc2)c1.O=CO/C=C/C(=O)O. The van der Waals surface area contributed by atoms with Crippen LogP contribution in [0.4, 0.5) is 0 Å². The molecule has 0 spiro atoms. The fourth-order valence-corrected chi connectivity index (χ4v) is 4.31. The smallest absolute Gasteiger partial charge is 0.331 e. The average molecular weight is 598 g/mol. The largest absolute Gasteiger partial charge is 0.478 e. The van der Waals surface area contributed by atoms with Crippen LogP contribution in [0.25, 0.3) is 0 Å². The quantitative estimate of drug-likeness (QED) is 0.0824. The number of hydrogen-bond donors (Lipinski definition) is 1. The predicted molar refractivity (Wildman–Crippen MR) is 165 cm³/mol. The number of carbonyl (C=O) groups excluding carboxylic acids is 3. The molecule has 0 saturated heterocycles. The lowest BCUT2D eigenvalue weighted by molar-refractivity contribution is -0.148. The molecule has 2 rings (SSSR count). The summed E-state index contributed by atoms with van der Waals surface area (Å²) in [5.41, 5.74) is 2.98. The van der Waals surface area contributed by atoms with Crippen LogP contribution in [0.3, 0.4) is 0 Å². The van der Waals surface area contributed by atoms with E-state index in [0.717, 1.165) is 35.9 Å². The van der Waals surface area contributed by atoms with Crippen LogP contribution in [0.15, 0.2) is 60.9 Å². The third-order valence-corrected chi connectivity index (χ3v) is 6.53. The van der Waals surface area contributed by atoms with E-state index in [1.807, 2.05) is 64.1 Å². The molecular formula is C34H47NO8. The van der Waals surface area contributed by atoms with Crippen molar-refractivity contribution in [3.63, 3.8) is 0 Å². The molecule has 2 aromatic rings. The number of nitrogens with zero attached hydrogens (tertiary/aromatic N) is 1. The van der Waals surface area contributed by atoms with E-state index in [9.17, 15) is 19.2 Å². The maximum atomic E-state index is 12.5. The Kier molecular flexibility index (Phi) is 16.6. The molecule has 0 aliphatic carbocycles. The summed E-state index contributed by atoms with van der Waals surface area (Å²) in [7, 11) is 0. The second kappa shape index (κ2) is 19.3. The normalized spacial score (nSPS) is 11.9. The summed E-state index contributed by atoms with van der Waals surface area (Å²) >= 11 is 0. The van der Waals surface area contributed by atoms with E-state index in [1.165, 1.54) is 0 Å². The molecule has 1 atom stereocenters. The molecule has 0 heterocycles. The molecular weight excluding hydrogens is 550 g/mol. The predicted octanol–water partition coefficient (Wildman–Crippen LogP) is 6.35. The van der Waals surface area contributed by atoms with Gasteiger partial charge in [-0.1, -0.05) is 64.1 Å². The molecule has 0 fully saturated rings. The van der Waals surface area contributed by atoms with Gasteiger partial charge in [-0.15, -0.1) is 0 Å². The molecule has 0 radical (unpaired) electrons. The Morgan fingerprint density at radius 1 is 0.860 bits per heavy atom. The lowest BCUT2D eigenvalue weighted by atomic mass is 9.86. The van der Waals surface area contributed by atoms with E-state index in [2.05, 4.69) is 49.5 Å². The van der Waals surface area contributed by atoms with E-state index in [0.29, 0.717) is 23.9 Å². The number of hydrogen-bond acceptors (Lipinski definition) is 8. The van der Waals surface area contributed by atoms with E-state index in [1.54, 1.807) is 0 Å². The van der Waals surface area contributed by atoms with Gasteiger partial charge in [0, 0.05) is 23.6 Å². The zero-order valence-electron chi connectivity index (χ0n) is 26.6. The highest BCUT2D eigenvalue weighted by Crippen LogP contribution is 2.36. The number of esters is 2. The zero-order valence-corrected chi connectivity index (χ0v) is 26.6. The van der Waals surface area contributed by atoms with E-state index in [-0.39, 0.29) is 42.8 Å². The molecule has 9 nitrogen and oxygen atoms in total. The third-order valence-electron chi connectivity index (χ3n) is 6.53. The summed E-state index contributed by atoms with van der Waals surface area (Å²) in [5, 5.41) is 7.86. The first-order chi connectivity index (χ1) is 20.3. The van der Waals surface area contributed by atoms with Crippen LogP contribution >= 0.6 is 0 Å². The molecule has 2 aromatic carbocycles. The van der Waals surface area contributed by atoms with Crippen LogP contribution in [0.5, 0.6) is 5.75 Å². The van der Waals surface area contributed by atoms with Crippen LogP contribution in [-0.4, -0.2) is 53.0 Å². The van der Waals surface area contributed by atoms with Gasteiger partial charge >= 0.3 is 17.9 Å². The Hall–Kier alpha value is -3.98. The molecule has 0 aromatic heterocycles. The molecule has 0 aliphatic heterocycles. The second-order valence-corrected chi connectivity index (χ2v) is 11.3. The summed E-state index contributed by atoms with van der Waals surface area (Å²) in [6.07, 6.45) is 2.37. The molecule has 43 heavy (non-hydrogen) atoms. The topological polar surface area (TPSA) is 119 Å². The Bertz CT molecular complexity index is 1180. The van der Waals surface area contributed by atoms with Crippen molar-refractivity contribution in [2.24, 2.45) is 11.8 Å². The van der Waals surface area contributed by atoms with Gasteiger partial charge in [0.05, 0.1) is 17.9 Å². The molecule has 0 saturated carbocycles. The fourth-order valence-electron chi connectivity index (χ4n) is 4.31. The standard InChI is InChI=1S/C30H43NO4.C4H4O4/c1-20(2)29(32)34-19-24-14-15-28(35-30(33)21(3)4)27(18-24)26(25-12-10-9-11-13-25)16-17-31(22(5)6)23(7)8;5-3-8-2-1-4(6)7/h9-15,18,20-23,26H,16-17,19H2,1-8H3;1-3H,(H,6,7)/b;2-1+. The minimum Gasteiger partial charge on any atom is -0.478 e. The molecule has 236 valence electrons. The van der Waals surface area contributed by atoms with Gasteiger partial charge in [-0.2, -0.15) is 0 Å². The average Bonchev–Trinajstić information content (AvgIpc) is 2.95. The van der Waals surface area contributed by atoms with Crippen LogP contribution in [-0.2, 0) is 35.3 Å². The Morgan fingerprint density at radius 3 is 1.98 bits per heavy atom. The van der Waals surface area contributed by atoms with Crippen molar-refractivity contribution in [3.05, 3.63) is 77.6 Å². The lowest BCUT2D eigenvalue weighted by Crippen LogP contribution is -2.38. The third kappa shape index (κ3) is 13.7. The van der Waals surface area contributed by atoms with Gasteiger partial charge in [0.1, 0.15) is 18.6 Å². The molecule has 0 amide bonds. The maximum absolute atomic E-state index is 12.5. The number of aliphatic carboxylic acids is 1. The van der Waals surface area contributed by atoms with Gasteiger partial charge in [0.15, 0.2) is 0 Å². The first-order valence-corrected chi connectivity index (χ1v) is 14.6. The zero-order chi connectivity index (χ0) is 32.5. The number of carboxylic acids is 1. The summed E-state index contributed by atoms with van der Waals surface area (Å²) < 4.78 is 15.3. The fraction of sp³-hybridized carbons (Fsp3) is 0.471. The van der Waals surface area contributed by atoms with Gasteiger partial charge < -0.3 is 19.3 Å². The molecule has 9 heteroatoms. The van der Waals surface area contributed by atoms with Crippen molar-refractivity contribution in [1.29, 1.82) is 0 Å².